The predicted molar refractivity (Wildman–Crippen MR) is 90.9 cm³/mol. The summed E-state index contributed by atoms with van der Waals surface area (Å²) in [4.78, 5) is 14.5. The molecule has 3 rings (SSSR count). The van der Waals surface area contributed by atoms with E-state index in [1.165, 1.54) is 6.07 Å². The number of halogens is 1. The van der Waals surface area contributed by atoms with Crippen LogP contribution in [0.15, 0.2) is 18.2 Å². The predicted octanol–water partition coefficient (Wildman–Crippen LogP) is 2.95. The highest BCUT2D eigenvalue weighted by Crippen LogP contribution is 2.31. The molecule has 132 valence electrons. The van der Waals surface area contributed by atoms with Gasteiger partial charge in [-0.05, 0) is 44.7 Å². The Kier molecular flexibility index (Phi) is 5.68. The molecule has 2 aliphatic rings. The van der Waals surface area contributed by atoms with Gasteiger partial charge in [-0.1, -0.05) is 6.07 Å². The molecule has 0 aliphatic carbocycles. The molecule has 2 aliphatic heterocycles. The number of rotatable bonds is 6. The van der Waals surface area contributed by atoms with Gasteiger partial charge in [-0.2, -0.15) is 0 Å². The largest absolute Gasteiger partial charge is 0.376 e. The van der Waals surface area contributed by atoms with Gasteiger partial charge in [0.15, 0.2) is 0 Å². The number of hydrogen-bond donors (Lipinski definition) is 1. The quantitative estimate of drug-likeness (QED) is 0.868. The Labute approximate surface area is 142 Å². The zero-order valence-electron chi connectivity index (χ0n) is 14.1. The number of carbonyl (C=O) groups excluding carboxylic acids is 1. The van der Waals surface area contributed by atoms with Crippen LogP contribution in [0.5, 0.6) is 0 Å². The minimum absolute atomic E-state index is 0.0638. The number of nitrogens with one attached hydrogen (secondary N) is 1. The molecule has 24 heavy (non-hydrogen) atoms. The molecule has 6 heteroatoms. The van der Waals surface area contributed by atoms with Crippen molar-refractivity contribution >= 4 is 17.3 Å². The molecular formula is C18H25FN2O3. The van der Waals surface area contributed by atoms with Crippen molar-refractivity contribution in [3.8, 4) is 0 Å². The third-order valence-electron chi connectivity index (χ3n) is 4.61. The van der Waals surface area contributed by atoms with Crippen molar-refractivity contribution in [2.75, 3.05) is 36.5 Å². The van der Waals surface area contributed by atoms with Gasteiger partial charge >= 0.3 is 0 Å². The third-order valence-corrected chi connectivity index (χ3v) is 4.61. The summed E-state index contributed by atoms with van der Waals surface area (Å²) in [5.41, 5.74) is 0.990. The molecule has 0 bridgehead atoms. The van der Waals surface area contributed by atoms with Crippen LogP contribution in [0.4, 0.5) is 15.8 Å². The average Bonchev–Trinajstić information content (AvgIpc) is 3.27. The second-order valence-electron chi connectivity index (χ2n) is 6.43. The van der Waals surface area contributed by atoms with Gasteiger partial charge < -0.3 is 19.7 Å². The van der Waals surface area contributed by atoms with Gasteiger partial charge in [-0.25, -0.2) is 4.39 Å². The van der Waals surface area contributed by atoms with Crippen molar-refractivity contribution in [2.24, 2.45) is 0 Å². The van der Waals surface area contributed by atoms with Crippen molar-refractivity contribution in [1.82, 2.24) is 0 Å². The molecule has 2 saturated heterocycles. The highest BCUT2D eigenvalue weighted by molar-refractivity contribution is 5.97. The fourth-order valence-corrected chi connectivity index (χ4v) is 3.19. The lowest BCUT2D eigenvalue weighted by molar-refractivity contribution is -0.128. The second kappa shape index (κ2) is 7.94. The summed E-state index contributed by atoms with van der Waals surface area (Å²) < 4.78 is 25.3. The summed E-state index contributed by atoms with van der Waals surface area (Å²) in [5.74, 6) is -0.752. The monoisotopic (exact) mass is 336 g/mol. The van der Waals surface area contributed by atoms with E-state index in [9.17, 15) is 9.18 Å². The Bertz CT molecular complexity index is 569. The van der Waals surface area contributed by atoms with Crippen LogP contribution in [-0.4, -0.2) is 44.4 Å². The molecule has 1 aromatic carbocycles. The van der Waals surface area contributed by atoms with E-state index in [4.69, 9.17) is 9.47 Å². The van der Waals surface area contributed by atoms with Gasteiger partial charge in [0.05, 0.1) is 18.4 Å². The Morgan fingerprint density at radius 1 is 1.42 bits per heavy atom. The highest BCUT2D eigenvalue weighted by Gasteiger charge is 2.23. The Morgan fingerprint density at radius 2 is 2.21 bits per heavy atom. The minimum atomic E-state index is -0.653. The van der Waals surface area contributed by atoms with Gasteiger partial charge in [-0.3, -0.25) is 4.79 Å². The van der Waals surface area contributed by atoms with E-state index in [2.05, 4.69) is 10.2 Å². The molecule has 2 atom stereocenters. The number of amides is 1. The number of benzene rings is 1. The van der Waals surface area contributed by atoms with E-state index in [-0.39, 0.29) is 17.7 Å². The first kappa shape index (κ1) is 17.2. The lowest BCUT2D eigenvalue weighted by Gasteiger charge is -2.23. The second-order valence-corrected chi connectivity index (χ2v) is 6.43. The Morgan fingerprint density at radius 3 is 2.92 bits per heavy atom. The maximum atomic E-state index is 14.3. The van der Waals surface area contributed by atoms with Gasteiger partial charge in [-0.15, -0.1) is 0 Å². The molecule has 1 aromatic rings. The summed E-state index contributed by atoms with van der Waals surface area (Å²) in [6.07, 6.45) is 3.58. The molecule has 0 spiro atoms. The van der Waals surface area contributed by atoms with Crippen LogP contribution in [0, 0.1) is 5.82 Å². The molecule has 1 amide bonds. The van der Waals surface area contributed by atoms with Crippen molar-refractivity contribution in [3.05, 3.63) is 24.0 Å². The number of anilines is 2. The first-order valence-corrected chi connectivity index (χ1v) is 8.72. The summed E-state index contributed by atoms with van der Waals surface area (Å²) >= 11 is 0. The number of carbonyl (C=O) groups is 1. The fraction of sp³-hybridized carbons (Fsp3) is 0.611. The normalized spacial score (nSPS) is 21.9. The van der Waals surface area contributed by atoms with Gasteiger partial charge in [0.2, 0.25) is 0 Å². The van der Waals surface area contributed by atoms with Crippen molar-refractivity contribution in [1.29, 1.82) is 0 Å². The van der Waals surface area contributed by atoms with Gasteiger partial charge in [0.25, 0.3) is 5.91 Å². The van der Waals surface area contributed by atoms with Gasteiger partial charge in [0.1, 0.15) is 17.6 Å². The van der Waals surface area contributed by atoms with E-state index >= 15 is 0 Å². The zero-order valence-corrected chi connectivity index (χ0v) is 14.1. The first-order valence-electron chi connectivity index (χ1n) is 8.72. The number of nitrogens with zero attached hydrogens (tertiary/aromatic N) is 1. The summed E-state index contributed by atoms with van der Waals surface area (Å²) in [6.45, 7) is 4.60. The maximum Gasteiger partial charge on any atom is 0.253 e. The minimum Gasteiger partial charge on any atom is -0.376 e. The lowest BCUT2D eigenvalue weighted by Crippen LogP contribution is -2.31. The van der Waals surface area contributed by atoms with Crippen LogP contribution in [0.25, 0.3) is 0 Å². The third kappa shape index (κ3) is 4.05. The van der Waals surface area contributed by atoms with E-state index < -0.39 is 11.9 Å². The van der Waals surface area contributed by atoms with Crippen LogP contribution >= 0.6 is 0 Å². The Balaban J connectivity index is 1.62. The van der Waals surface area contributed by atoms with Crippen molar-refractivity contribution in [3.63, 3.8) is 0 Å². The summed E-state index contributed by atoms with van der Waals surface area (Å²) in [7, 11) is 0. The number of para-hydroxylation sites is 1. The van der Waals surface area contributed by atoms with E-state index in [0.717, 1.165) is 51.1 Å². The standard InChI is InChI=1S/C18H25FN2O3/c1-13(24-12-14-6-5-11-23-14)18(22)20-17-15(19)7-4-8-16(17)21-9-2-3-10-21/h4,7-8,13-14H,2-3,5-6,9-12H2,1H3,(H,20,22)/t13-,14-/m1/s1. The number of hydrogen-bond acceptors (Lipinski definition) is 4. The van der Waals surface area contributed by atoms with Crippen molar-refractivity contribution < 1.29 is 18.7 Å². The SMILES string of the molecule is C[C@@H](OC[C@H]1CCCO1)C(=O)Nc1c(F)cccc1N1CCCC1. The molecule has 0 unspecified atom stereocenters. The van der Waals surface area contributed by atoms with E-state index in [1.54, 1.807) is 13.0 Å². The first-order chi connectivity index (χ1) is 11.6. The van der Waals surface area contributed by atoms with Crippen LogP contribution in [0.2, 0.25) is 0 Å². The van der Waals surface area contributed by atoms with Gasteiger partial charge in [0, 0.05) is 19.7 Å². The van der Waals surface area contributed by atoms with Crippen LogP contribution < -0.4 is 10.2 Å². The smallest absolute Gasteiger partial charge is 0.253 e. The number of ether oxygens (including phenoxy) is 2. The fourth-order valence-electron chi connectivity index (χ4n) is 3.19. The van der Waals surface area contributed by atoms with E-state index in [1.807, 2.05) is 6.07 Å². The molecule has 1 N–H and O–H groups in total. The Hall–Kier alpha value is -1.66. The topological polar surface area (TPSA) is 50.8 Å². The molecule has 5 nitrogen and oxygen atoms in total. The van der Waals surface area contributed by atoms with Crippen LogP contribution in [-0.2, 0) is 14.3 Å². The maximum absolute atomic E-state index is 14.3. The lowest BCUT2D eigenvalue weighted by atomic mass is 10.2. The summed E-state index contributed by atoms with van der Waals surface area (Å²) in [5, 5.41) is 2.71. The molecular weight excluding hydrogens is 311 g/mol. The molecule has 0 radical (unpaired) electrons. The van der Waals surface area contributed by atoms with Crippen molar-refractivity contribution in [2.45, 2.75) is 44.8 Å². The molecule has 2 fully saturated rings. The van der Waals surface area contributed by atoms with Crippen LogP contribution in [0.3, 0.4) is 0 Å². The van der Waals surface area contributed by atoms with Crippen LogP contribution in [0.1, 0.15) is 32.6 Å². The highest BCUT2D eigenvalue weighted by atomic mass is 19.1. The zero-order chi connectivity index (χ0) is 16.9. The molecule has 2 heterocycles. The molecule has 0 saturated carbocycles. The van der Waals surface area contributed by atoms with E-state index in [0.29, 0.717) is 6.61 Å². The average molecular weight is 336 g/mol. The molecule has 0 aromatic heterocycles. The summed E-state index contributed by atoms with van der Waals surface area (Å²) in [6, 6.07) is 4.89.